The van der Waals surface area contributed by atoms with E-state index < -0.39 is 33.1 Å². The Hall–Kier alpha value is -1.31. The van der Waals surface area contributed by atoms with Crippen LogP contribution in [0.25, 0.3) is 0 Å². The molecule has 0 aromatic heterocycles. The predicted octanol–water partition coefficient (Wildman–Crippen LogP) is 0.602. The fourth-order valence-electron chi connectivity index (χ4n) is 3.00. The van der Waals surface area contributed by atoms with Crippen molar-refractivity contribution in [1.29, 1.82) is 0 Å². The van der Waals surface area contributed by atoms with Gasteiger partial charge in [-0.25, -0.2) is 18.0 Å². The van der Waals surface area contributed by atoms with Crippen LogP contribution < -0.4 is 5.32 Å². The molecule has 2 saturated heterocycles. The monoisotopic (exact) mass is 318 g/mol. The van der Waals surface area contributed by atoms with Gasteiger partial charge in [-0.2, -0.15) is 0 Å². The number of carboxylic acid groups (broad SMARTS) is 1. The molecule has 120 valence electrons. The van der Waals surface area contributed by atoms with Gasteiger partial charge in [-0.1, -0.05) is 12.8 Å². The molecule has 2 rings (SSSR count). The van der Waals surface area contributed by atoms with Gasteiger partial charge in [0, 0.05) is 13.1 Å². The van der Waals surface area contributed by atoms with Crippen LogP contribution in [0, 0.1) is 0 Å². The number of hydrogen-bond donors (Lipinski definition) is 2. The average molecular weight is 318 g/mol. The van der Waals surface area contributed by atoms with Crippen LogP contribution in [0.2, 0.25) is 0 Å². The fraction of sp³-hybridized carbons (Fsp3) is 0.846. The zero-order valence-electron chi connectivity index (χ0n) is 12.0. The van der Waals surface area contributed by atoms with Crippen molar-refractivity contribution in [2.24, 2.45) is 0 Å². The summed E-state index contributed by atoms with van der Waals surface area (Å²) in [6.07, 6.45) is 4.11. The Morgan fingerprint density at radius 3 is 2.52 bits per heavy atom. The first-order valence-corrected chi connectivity index (χ1v) is 9.12. The van der Waals surface area contributed by atoms with Gasteiger partial charge in [-0.05, 0) is 25.7 Å². The summed E-state index contributed by atoms with van der Waals surface area (Å²) in [7, 11) is -3.10. The number of amides is 2. The molecular weight excluding hydrogens is 296 g/mol. The first-order valence-electron chi connectivity index (χ1n) is 7.40. The maximum absolute atomic E-state index is 12.2. The first kappa shape index (κ1) is 16.1. The quantitative estimate of drug-likeness (QED) is 0.793. The van der Waals surface area contributed by atoms with E-state index in [0.717, 1.165) is 19.3 Å². The third-order valence-corrected chi connectivity index (χ3v) is 6.52. The lowest BCUT2D eigenvalue weighted by molar-refractivity contribution is -0.142. The molecule has 7 nitrogen and oxygen atoms in total. The molecule has 2 unspecified atom stereocenters. The SMILES string of the molecule is O=C(O)C1CCCCCN1C(=O)NCC1CCCS1(=O)=O. The molecule has 8 heteroatoms. The summed E-state index contributed by atoms with van der Waals surface area (Å²) in [5, 5.41) is 11.3. The predicted molar refractivity (Wildman–Crippen MR) is 76.8 cm³/mol. The van der Waals surface area contributed by atoms with E-state index in [9.17, 15) is 23.1 Å². The molecule has 0 aromatic rings. The number of likely N-dealkylation sites (tertiary alicyclic amines) is 1. The van der Waals surface area contributed by atoms with Gasteiger partial charge >= 0.3 is 12.0 Å². The number of rotatable bonds is 3. The van der Waals surface area contributed by atoms with Gasteiger partial charge in [0.05, 0.1) is 11.0 Å². The summed E-state index contributed by atoms with van der Waals surface area (Å²) in [6, 6.07) is -1.28. The lowest BCUT2D eigenvalue weighted by Gasteiger charge is -2.27. The molecule has 0 bridgehead atoms. The lowest BCUT2D eigenvalue weighted by atomic mass is 10.1. The van der Waals surface area contributed by atoms with Gasteiger partial charge in [-0.15, -0.1) is 0 Å². The van der Waals surface area contributed by atoms with Gasteiger partial charge in [0.25, 0.3) is 0 Å². The highest BCUT2D eigenvalue weighted by atomic mass is 32.2. The number of carboxylic acids is 1. The van der Waals surface area contributed by atoms with Crippen LogP contribution in [0.3, 0.4) is 0 Å². The zero-order valence-corrected chi connectivity index (χ0v) is 12.8. The maximum atomic E-state index is 12.2. The number of hydrogen-bond acceptors (Lipinski definition) is 4. The van der Waals surface area contributed by atoms with E-state index >= 15 is 0 Å². The van der Waals surface area contributed by atoms with Crippen LogP contribution in [0.4, 0.5) is 4.79 Å². The van der Waals surface area contributed by atoms with Crippen LogP contribution in [-0.4, -0.2) is 60.6 Å². The number of nitrogens with one attached hydrogen (secondary N) is 1. The summed E-state index contributed by atoms with van der Waals surface area (Å²) >= 11 is 0. The second-order valence-corrected chi connectivity index (χ2v) is 8.11. The minimum atomic E-state index is -3.10. The van der Waals surface area contributed by atoms with Crippen molar-refractivity contribution >= 4 is 21.8 Å². The van der Waals surface area contributed by atoms with E-state index in [4.69, 9.17) is 0 Å². The summed E-state index contributed by atoms with van der Waals surface area (Å²) in [5.74, 6) is -0.824. The minimum absolute atomic E-state index is 0.0734. The summed E-state index contributed by atoms with van der Waals surface area (Å²) in [4.78, 5) is 24.8. The molecule has 0 aromatic carbocycles. The van der Waals surface area contributed by atoms with E-state index in [2.05, 4.69) is 5.32 Å². The number of urea groups is 1. The van der Waals surface area contributed by atoms with Crippen molar-refractivity contribution in [2.45, 2.75) is 49.8 Å². The van der Waals surface area contributed by atoms with Crippen LogP contribution in [0.1, 0.15) is 38.5 Å². The van der Waals surface area contributed by atoms with E-state index in [0.29, 0.717) is 25.8 Å². The van der Waals surface area contributed by atoms with E-state index in [1.165, 1.54) is 4.90 Å². The van der Waals surface area contributed by atoms with Crippen molar-refractivity contribution in [2.75, 3.05) is 18.8 Å². The van der Waals surface area contributed by atoms with Crippen molar-refractivity contribution in [3.63, 3.8) is 0 Å². The second kappa shape index (κ2) is 6.64. The number of aliphatic carboxylic acids is 1. The largest absolute Gasteiger partial charge is 0.480 e. The smallest absolute Gasteiger partial charge is 0.326 e. The van der Waals surface area contributed by atoms with Gasteiger partial charge in [0.15, 0.2) is 9.84 Å². The Morgan fingerprint density at radius 1 is 1.14 bits per heavy atom. The molecule has 2 fully saturated rings. The standard InChI is InChI=1S/C13H22N2O5S/c16-12(17)11-6-2-1-3-7-15(11)13(18)14-9-10-5-4-8-21(10,19)20/h10-11H,1-9H2,(H,14,18)(H,16,17). The molecule has 2 aliphatic heterocycles. The topological polar surface area (TPSA) is 104 Å². The number of carbonyl (C=O) groups excluding carboxylic acids is 1. The summed E-state index contributed by atoms with van der Waals surface area (Å²) in [5.41, 5.74) is 0. The number of carbonyl (C=O) groups is 2. The molecule has 2 heterocycles. The zero-order chi connectivity index (χ0) is 15.5. The van der Waals surface area contributed by atoms with Crippen LogP contribution in [0.5, 0.6) is 0 Å². The number of nitrogens with zero attached hydrogens (tertiary/aromatic N) is 1. The average Bonchev–Trinajstić information content (AvgIpc) is 2.65. The van der Waals surface area contributed by atoms with E-state index in [-0.39, 0.29) is 12.3 Å². The molecular formula is C13H22N2O5S. The molecule has 0 radical (unpaired) electrons. The molecule has 0 aliphatic carbocycles. The number of sulfone groups is 1. The minimum Gasteiger partial charge on any atom is -0.480 e. The molecule has 21 heavy (non-hydrogen) atoms. The first-order chi connectivity index (χ1) is 9.92. The normalized spacial score (nSPS) is 28.9. The molecule has 2 aliphatic rings. The molecule has 2 amide bonds. The Bertz CT molecular complexity index is 505. The lowest BCUT2D eigenvalue weighted by Crippen LogP contribution is -2.50. The highest BCUT2D eigenvalue weighted by Gasteiger charge is 2.34. The fourth-order valence-corrected chi connectivity index (χ4v) is 4.76. The Labute approximate surface area is 124 Å². The molecule has 0 saturated carbocycles. The van der Waals surface area contributed by atoms with Gasteiger partial charge < -0.3 is 15.3 Å². The Morgan fingerprint density at radius 2 is 1.90 bits per heavy atom. The highest BCUT2D eigenvalue weighted by molar-refractivity contribution is 7.92. The Kier molecular flexibility index (Phi) is 5.08. The van der Waals surface area contributed by atoms with Crippen LogP contribution >= 0.6 is 0 Å². The van der Waals surface area contributed by atoms with Crippen molar-refractivity contribution in [3.8, 4) is 0 Å². The van der Waals surface area contributed by atoms with Crippen molar-refractivity contribution < 1.29 is 23.1 Å². The summed E-state index contributed by atoms with van der Waals surface area (Å²) < 4.78 is 23.4. The van der Waals surface area contributed by atoms with Crippen molar-refractivity contribution in [1.82, 2.24) is 10.2 Å². The third-order valence-electron chi connectivity index (χ3n) is 4.24. The second-order valence-electron chi connectivity index (χ2n) is 5.71. The van der Waals surface area contributed by atoms with E-state index in [1.807, 2.05) is 0 Å². The summed E-state index contributed by atoms with van der Waals surface area (Å²) in [6.45, 7) is 0.476. The molecule has 2 N–H and O–H groups in total. The highest BCUT2D eigenvalue weighted by Crippen LogP contribution is 2.20. The van der Waals surface area contributed by atoms with Crippen LogP contribution in [-0.2, 0) is 14.6 Å². The van der Waals surface area contributed by atoms with Crippen LogP contribution in [0.15, 0.2) is 0 Å². The van der Waals surface area contributed by atoms with E-state index in [1.54, 1.807) is 0 Å². The maximum Gasteiger partial charge on any atom is 0.326 e. The van der Waals surface area contributed by atoms with Crippen molar-refractivity contribution in [3.05, 3.63) is 0 Å². The van der Waals surface area contributed by atoms with Gasteiger partial charge in [0.1, 0.15) is 6.04 Å². The van der Waals surface area contributed by atoms with Gasteiger partial charge in [-0.3, -0.25) is 0 Å². The molecule has 2 atom stereocenters. The Balaban J connectivity index is 1.96. The molecule has 0 spiro atoms. The van der Waals surface area contributed by atoms with Gasteiger partial charge in [0.2, 0.25) is 0 Å². The third kappa shape index (κ3) is 3.87.